The second-order valence-corrected chi connectivity index (χ2v) is 5.79. The van der Waals surface area contributed by atoms with Gasteiger partial charge in [0.05, 0.1) is 11.5 Å². The third kappa shape index (κ3) is 1.63. The van der Waals surface area contributed by atoms with Crippen molar-refractivity contribution in [2.45, 2.75) is 17.2 Å². The number of benzene rings is 2. The fourth-order valence-corrected chi connectivity index (χ4v) is 3.58. The number of nitriles is 1. The van der Waals surface area contributed by atoms with Crippen molar-refractivity contribution >= 4 is 11.8 Å². The molecule has 2 heteroatoms. The maximum absolute atomic E-state index is 9.54. The summed E-state index contributed by atoms with van der Waals surface area (Å²) < 4.78 is 0. The smallest absolute Gasteiger partial charge is 0.0893 e. The lowest BCUT2D eigenvalue weighted by Gasteiger charge is -2.21. The standard InChI is InChI=1S/C16H13NS/c1-16(10-17)11-18-15-9-5-3-7-13(15)12-6-2-4-8-14(12)16/h2-9H,11H2,1H3. The molecule has 0 N–H and O–H groups in total. The first kappa shape index (κ1) is 11.4. The summed E-state index contributed by atoms with van der Waals surface area (Å²) >= 11 is 1.78. The number of fused-ring (bicyclic) bond motifs is 3. The van der Waals surface area contributed by atoms with E-state index in [-0.39, 0.29) is 0 Å². The number of hydrogen-bond donors (Lipinski definition) is 0. The van der Waals surface area contributed by atoms with Crippen LogP contribution < -0.4 is 0 Å². The topological polar surface area (TPSA) is 23.8 Å². The molecule has 0 bridgehead atoms. The Morgan fingerprint density at radius 3 is 2.50 bits per heavy atom. The van der Waals surface area contributed by atoms with E-state index in [1.807, 2.05) is 19.1 Å². The molecular weight excluding hydrogens is 238 g/mol. The minimum atomic E-state index is -0.416. The first-order valence-electron chi connectivity index (χ1n) is 5.97. The van der Waals surface area contributed by atoms with Crippen LogP contribution in [0.15, 0.2) is 53.4 Å². The lowest BCUT2D eigenvalue weighted by atomic mass is 9.81. The molecule has 1 nitrogen and oxygen atoms in total. The maximum atomic E-state index is 9.54. The van der Waals surface area contributed by atoms with Crippen LogP contribution in [0.4, 0.5) is 0 Å². The second kappa shape index (κ2) is 4.19. The quantitative estimate of drug-likeness (QED) is 0.699. The van der Waals surface area contributed by atoms with Crippen LogP contribution in [-0.4, -0.2) is 5.75 Å². The maximum Gasteiger partial charge on any atom is 0.0893 e. The Kier molecular flexibility index (Phi) is 2.65. The molecule has 2 aromatic carbocycles. The highest BCUT2D eigenvalue weighted by atomic mass is 32.2. The molecule has 1 heterocycles. The van der Waals surface area contributed by atoms with E-state index in [2.05, 4.69) is 42.5 Å². The number of nitrogens with zero attached hydrogens (tertiary/aromatic N) is 1. The molecule has 1 unspecified atom stereocenters. The van der Waals surface area contributed by atoms with E-state index < -0.39 is 5.41 Å². The SMILES string of the molecule is CC1(C#N)CSc2ccccc2-c2ccccc21. The van der Waals surface area contributed by atoms with Crippen LogP contribution in [0.5, 0.6) is 0 Å². The van der Waals surface area contributed by atoms with Crippen molar-refractivity contribution in [3.63, 3.8) is 0 Å². The molecular formula is C16H13NS. The summed E-state index contributed by atoms with van der Waals surface area (Å²) in [6.45, 7) is 2.03. The van der Waals surface area contributed by atoms with Crippen LogP contribution in [0, 0.1) is 11.3 Å². The normalized spacial score (nSPS) is 21.3. The van der Waals surface area contributed by atoms with Crippen LogP contribution in [0.1, 0.15) is 12.5 Å². The van der Waals surface area contributed by atoms with Gasteiger partial charge in [-0.2, -0.15) is 5.26 Å². The molecule has 0 aromatic heterocycles. The largest absolute Gasteiger partial charge is 0.197 e. The van der Waals surface area contributed by atoms with Crippen molar-refractivity contribution in [3.8, 4) is 17.2 Å². The predicted octanol–water partition coefficient (Wildman–Crippen LogP) is 4.24. The van der Waals surface area contributed by atoms with Gasteiger partial charge >= 0.3 is 0 Å². The van der Waals surface area contributed by atoms with Crippen molar-refractivity contribution in [2.24, 2.45) is 0 Å². The average molecular weight is 251 g/mol. The van der Waals surface area contributed by atoms with Gasteiger partial charge in [0.2, 0.25) is 0 Å². The first-order valence-corrected chi connectivity index (χ1v) is 6.96. The molecule has 0 saturated heterocycles. The average Bonchev–Trinajstić information content (AvgIpc) is 2.57. The molecule has 88 valence electrons. The van der Waals surface area contributed by atoms with Gasteiger partial charge in [-0.05, 0) is 29.7 Å². The Balaban J connectivity index is 2.33. The number of hydrogen-bond acceptors (Lipinski definition) is 2. The fraction of sp³-hybridized carbons (Fsp3) is 0.188. The molecule has 0 fully saturated rings. The monoisotopic (exact) mass is 251 g/mol. The Labute approximate surface area is 111 Å². The Morgan fingerprint density at radius 1 is 1.06 bits per heavy atom. The third-order valence-electron chi connectivity index (χ3n) is 3.46. The lowest BCUT2D eigenvalue weighted by Crippen LogP contribution is -2.22. The predicted molar refractivity (Wildman–Crippen MR) is 75.6 cm³/mol. The molecule has 0 aliphatic carbocycles. The van der Waals surface area contributed by atoms with Crippen LogP contribution in [0.2, 0.25) is 0 Å². The molecule has 18 heavy (non-hydrogen) atoms. The summed E-state index contributed by atoms with van der Waals surface area (Å²) in [5, 5.41) is 9.54. The first-order chi connectivity index (χ1) is 8.74. The molecule has 3 rings (SSSR count). The van der Waals surface area contributed by atoms with Crippen LogP contribution in [0.25, 0.3) is 11.1 Å². The minimum absolute atomic E-state index is 0.416. The Morgan fingerprint density at radius 2 is 1.72 bits per heavy atom. The van der Waals surface area contributed by atoms with E-state index >= 15 is 0 Å². The summed E-state index contributed by atoms with van der Waals surface area (Å²) in [5.74, 6) is 0.803. The fourth-order valence-electron chi connectivity index (χ4n) is 2.41. The van der Waals surface area contributed by atoms with Gasteiger partial charge in [0, 0.05) is 10.6 Å². The highest BCUT2D eigenvalue weighted by molar-refractivity contribution is 7.99. The number of rotatable bonds is 0. The molecule has 1 atom stereocenters. The van der Waals surface area contributed by atoms with Gasteiger partial charge in [-0.15, -0.1) is 11.8 Å². The van der Waals surface area contributed by atoms with Crippen molar-refractivity contribution in [1.82, 2.24) is 0 Å². The van der Waals surface area contributed by atoms with Crippen LogP contribution >= 0.6 is 11.8 Å². The van der Waals surface area contributed by atoms with Crippen molar-refractivity contribution in [2.75, 3.05) is 5.75 Å². The van der Waals surface area contributed by atoms with E-state index in [0.29, 0.717) is 0 Å². The molecule has 1 aliphatic heterocycles. The van der Waals surface area contributed by atoms with Gasteiger partial charge in [-0.3, -0.25) is 0 Å². The van der Waals surface area contributed by atoms with Crippen molar-refractivity contribution < 1.29 is 0 Å². The van der Waals surface area contributed by atoms with Gasteiger partial charge in [0.1, 0.15) is 0 Å². The molecule has 1 aliphatic rings. The molecule has 0 spiro atoms. The number of thioether (sulfide) groups is 1. The van der Waals surface area contributed by atoms with E-state index in [1.165, 1.54) is 16.0 Å². The van der Waals surface area contributed by atoms with Gasteiger partial charge in [-0.1, -0.05) is 42.5 Å². The summed E-state index contributed by atoms with van der Waals surface area (Å²) in [4.78, 5) is 1.27. The van der Waals surface area contributed by atoms with E-state index in [4.69, 9.17) is 0 Å². The summed E-state index contributed by atoms with van der Waals surface area (Å²) in [5.41, 5.74) is 3.17. The molecule has 0 amide bonds. The lowest BCUT2D eigenvalue weighted by molar-refractivity contribution is 0.704. The minimum Gasteiger partial charge on any atom is -0.197 e. The summed E-state index contributed by atoms with van der Waals surface area (Å²) in [6, 6.07) is 19.2. The summed E-state index contributed by atoms with van der Waals surface area (Å²) in [7, 11) is 0. The third-order valence-corrected chi connectivity index (χ3v) is 4.85. The summed E-state index contributed by atoms with van der Waals surface area (Å²) in [6.07, 6.45) is 0. The van der Waals surface area contributed by atoms with E-state index in [0.717, 1.165) is 11.3 Å². The van der Waals surface area contributed by atoms with Gasteiger partial charge < -0.3 is 0 Å². The molecule has 2 aromatic rings. The van der Waals surface area contributed by atoms with Crippen LogP contribution in [-0.2, 0) is 5.41 Å². The highest BCUT2D eigenvalue weighted by Gasteiger charge is 2.32. The van der Waals surface area contributed by atoms with E-state index in [9.17, 15) is 5.26 Å². The van der Waals surface area contributed by atoms with Crippen LogP contribution in [0.3, 0.4) is 0 Å². The zero-order valence-electron chi connectivity index (χ0n) is 10.2. The van der Waals surface area contributed by atoms with Crippen molar-refractivity contribution in [1.29, 1.82) is 5.26 Å². The van der Waals surface area contributed by atoms with Gasteiger partial charge in [0.25, 0.3) is 0 Å². The second-order valence-electron chi connectivity index (χ2n) is 4.77. The van der Waals surface area contributed by atoms with Gasteiger partial charge in [-0.25, -0.2) is 0 Å². The molecule has 0 radical (unpaired) electrons. The zero-order chi connectivity index (χ0) is 12.6. The Bertz CT molecular complexity index is 642. The zero-order valence-corrected chi connectivity index (χ0v) is 11.0. The van der Waals surface area contributed by atoms with Crippen molar-refractivity contribution in [3.05, 3.63) is 54.1 Å². The Hall–Kier alpha value is -1.72. The van der Waals surface area contributed by atoms with Gasteiger partial charge in [0.15, 0.2) is 0 Å². The van der Waals surface area contributed by atoms with E-state index in [1.54, 1.807) is 11.8 Å². The highest BCUT2D eigenvalue weighted by Crippen LogP contribution is 2.44. The molecule has 0 saturated carbocycles.